The molecule has 27 heavy (non-hydrogen) atoms. The highest BCUT2D eigenvalue weighted by atomic mass is 35.5. The molecular weight excluding hydrogens is 382 g/mol. The number of rotatable bonds is 6. The molecule has 0 fully saturated rings. The molecule has 3 N–H and O–H groups in total. The van der Waals surface area contributed by atoms with E-state index in [4.69, 9.17) is 0 Å². The molecular formula is C19H16ClF4N3. The summed E-state index contributed by atoms with van der Waals surface area (Å²) >= 11 is 0. The molecule has 8 heteroatoms. The van der Waals surface area contributed by atoms with Gasteiger partial charge in [0.1, 0.15) is 35.6 Å². The van der Waals surface area contributed by atoms with E-state index in [-0.39, 0.29) is 36.6 Å². The third kappa shape index (κ3) is 5.18. The fraction of sp³-hybridized carbons (Fsp3) is 0.105. The van der Waals surface area contributed by atoms with E-state index in [1.54, 1.807) is 23.5 Å². The Morgan fingerprint density at radius 2 is 1.26 bits per heavy atom. The zero-order chi connectivity index (χ0) is 18.5. The molecule has 0 atom stereocenters. The van der Waals surface area contributed by atoms with E-state index in [1.807, 2.05) is 0 Å². The van der Waals surface area contributed by atoms with Crippen LogP contribution in [0.2, 0.25) is 0 Å². The summed E-state index contributed by atoms with van der Waals surface area (Å²) in [5.41, 5.74) is -0.127. The first-order chi connectivity index (χ1) is 12.5. The normalized spacial score (nSPS) is 10.4. The minimum absolute atomic E-state index is 0. The van der Waals surface area contributed by atoms with E-state index < -0.39 is 23.3 Å². The van der Waals surface area contributed by atoms with Crippen LogP contribution in [0.15, 0.2) is 54.6 Å². The lowest BCUT2D eigenvalue weighted by Crippen LogP contribution is -3.00. The number of benzene rings is 2. The number of pyridine rings is 1. The smallest absolute Gasteiger partial charge is 0.226 e. The van der Waals surface area contributed by atoms with Gasteiger partial charge in [-0.1, -0.05) is 18.2 Å². The van der Waals surface area contributed by atoms with Crippen LogP contribution in [0.25, 0.3) is 0 Å². The predicted octanol–water partition coefficient (Wildman–Crippen LogP) is 0.649. The summed E-state index contributed by atoms with van der Waals surface area (Å²) in [5, 5.41) is 4.42. The molecule has 0 saturated carbocycles. The number of nitrogens with zero attached hydrogens (tertiary/aromatic N) is 1. The first kappa shape index (κ1) is 20.7. The van der Waals surface area contributed by atoms with E-state index in [2.05, 4.69) is 10.3 Å². The van der Waals surface area contributed by atoms with Crippen LogP contribution >= 0.6 is 0 Å². The van der Waals surface area contributed by atoms with Gasteiger partial charge in [-0.2, -0.15) is 4.98 Å². The Labute approximate surface area is 159 Å². The van der Waals surface area contributed by atoms with Gasteiger partial charge in [0.2, 0.25) is 5.82 Å². The Hall–Kier alpha value is -2.64. The molecule has 3 rings (SSSR count). The summed E-state index contributed by atoms with van der Waals surface area (Å²) in [7, 11) is 0. The van der Waals surface area contributed by atoms with Gasteiger partial charge in [-0.25, -0.2) is 17.6 Å². The number of halogens is 5. The molecule has 0 amide bonds. The Morgan fingerprint density at radius 3 is 1.85 bits per heavy atom. The summed E-state index contributed by atoms with van der Waals surface area (Å²) in [4.78, 5) is 4.27. The van der Waals surface area contributed by atoms with Crippen molar-refractivity contribution in [3.05, 3.63) is 89.0 Å². The molecule has 0 unspecified atom stereocenters. The Balaban J connectivity index is 0.00000261. The average Bonchev–Trinajstić information content (AvgIpc) is 2.61. The molecule has 3 aromatic rings. The molecule has 1 heterocycles. The number of quaternary nitrogens is 1. The number of hydrogen-bond acceptors (Lipinski definition) is 2. The fourth-order valence-electron chi connectivity index (χ4n) is 2.48. The van der Waals surface area contributed by atoms with Crippen molar-refractivity contribution in [1.29, 1.82) is 0 Å². The number of hydrogen-bond donors (Lipinski definition) is 2. The maximum absolute atomic E-state index is 13.7. The predicted molar refractivity (Wildman–Crippen MR) is 89.6 cm³/mol. The van der Waals surface area contributed by atoms with Gasteiger partial charge in [-0.3, -0.25) is 5.32 Å². The molecule has 0 aliphatic rings. The van der Waals surface area contributed by atoms with Crippen molar-refractivity contribution in [2.75, 3.05) is 5.32 Å². The number of nitrogens with one attached hydrogen (secondary N) is 1. The average molecular weight is 398 g/mol. The molecule has 3 nitrogen and oxygen atoms in total. The Morgan fingerprint density at radius 1 is 0.741 bits per heavy atom. The van der Waals surface area contributed by atoms with E-state index in [0.29, 0.717) is 11.6 Å². The molecule has 0 saturated heterocycles. The molecule has 0 bridgehead atoms. The van der Waals surface area contributed by atoms with E-state index >= 15 is 0 Å². The maximum atomic E-state index is 13.7. The van der Waals surface area contributed by atoms with Crippen LogP contribution in [0, 0.1) is 23.3 Å². The van der Waals surface area contributed by atoms with Crippen molar-refractivity contribution in [1.82, 2.24) is 4.98 Å². The van der Waals surface area contributed by atoms with Gasteiger partial charge in [0.05, 0.1) is 5.56 Å². The quantitative estimate of drug-likeness (QED) is 0.600. The summed E-state index contributed by atoms with van der Waals surface area (Å²) in [6.45, 7) is -0.0339. The van der Waals surface area contributed by atoms with Gasteiger partial charge in [0, 0.05) is 18.2 Å². The minimum atomic E-state index is -0.643. The Bertz CT molecular complexity index is 810. The van der Waals surface area contributed by atoms with E-state index in [9.17, 15) is 17.6 Å². The molecule has 1 aromatic heterocycles. The van der Waals surface area contributed by atoms with Crippen molar-refractivity contribution >= 4 is 11.6 Å². The molecule has 142 valence electrons. The van der Waals surface area contributed by atoms with Crippen molar-refractivity contribution in [3.63, 3.8) is 0 Å². The third-order valence-corrected chi connectivity index (χ3v) is 3.86. The number of nitrogens with two attached hydrogens (primary N) is 1. The number of aromatic nitrogens is 1. The summed E-state index contributed by atoms with van der Waals surface area (Å²) in [6.07, 6.45) is 0. The SMILES string of the molecule is Fc1cccc(F)c1CNc1cccc([NH2+]Cc2c(F)cccc2F)n1.[Cl-]. The van der Waals surface area contributed by atoms with Gasteiger partial charge in [-0.05, 0) is 30.3 Å². The lowest BCUT2D eigenvalue weighted by molar-refractivity contribution is -0.592. The van der Waals surface area contributed by atoms with Crippen LogP contribution < -0.4 is 23.0 Å². The lowest BCUT2D eigenvalue weighted by Gasteiger charge is -2.09. The first-order valence-electron chi connectivity index (χ1n) is 7.94. The summed E-state index contributed by atoms with van der Waals surface area (Å²) in [6, 6.07) is 12.4. The summed E-state index contributed by atoms with van der Waals surface area (Å²) < 4.78 is 54.6. The first-order valence-corrected chi connectivity index (χ1v) is 7.94. The van der Waals surface area contributed by atoms with E-state index in [0.717, 1.165) is 0 Å². The monoisotopic (exact) mass is 397 g/mol. The van der Waals surface area contributed by atoms with Crippen LogP contribution in [0.4, 0.5) is 29.2 Å². The topological polar surface area (TPSA) is 41.5 Å². The zero-order valence-corrected chi connectivity index (χ0v) is 14.8. The highest BCUT2D eigenvalue weighted by Gasteiger charge is 2.12. The van der Waals surface area contributed by atoms with Crippen molar-refractivity contribution in [2.24, 2.45) is 0 Å². The second-order valence-corrected chi connectivity index (χ2v) is 5.61. The van der Waals surface area contributed by atoms with Gasteiger partial charge in [0.15, 0.2) is 0 Å². The lowest BCUT2D eigenvalue weighted by atomic mass is 10.2. The second kappa shape index (κ2) is 9.34. The van der Waals surface area contributed by atoms with E-state index in [1.165, 1.54) is 36.4 Å². The van der Waals surface area contributed by atoms with Crippen LogP contribution in [-0.2, 0) is 13.1 Å². The molecule has 0 aliphatic carbocycles. The van der Waals surface area contributed by atoms with Crippen molar-refractivity contribution in [3.8, 4) is 0 Å². The molecule has 0 spiro atoms. The van der Waals surface area contributed by atoms with Gasteiger partial charge >= 0.3 is 0 Å². The largest absolute Gasteiger partial charge is 1.00 e. The minimum Gasteiger partial charge on any atom is -1.00 e. The third-order valence-electron chi connectivity index (χ3n) is 3.86. The highest BCUT2D eigenvalue weighted by molar-refractivity contribution is 5.40. The van der Waals surface area contributed by atoms with Crippen LogP contribution in [-0.4, -0.2) is 4.98 Å². The Kier molecular flexibility index (Phi) is 7.15. The number of anilines is 1. The maximum Gasteiger partial charge on any atom is 0.226 e. The van der Waals surface area contributed by atoms with Crippen molar-refractivity contribution in [2.45, 2.75) is 13.1 Å². The zero-order valence-electron chi connectivity index (χ0n) is 14.0. The molecule has 0 radical (unpaired) electrons. The standard InChI is InChI=1S/C19H15F4N3.ClH/c20-14-4-1-5-15(21)12(14)10-24-18-8-3-9-19(26-18)25-11-13-16(22)6-2-7-17(13)23;/h1-9H,10-11H2,(H2,24,25,26);1H. The summed E-state index contributed by atoms with van der Waals surface area (Å²) in [5.74, 6) is -1.64. The van der Waals surface area contributed by atoms with Gasteiger partial charge in [0.25, 0.3) is 0 Å². The molecule has 0 aliphatic heterocycles. The van der Waals surface area contributed by atoms with Crippen LogP contribution in [0.1, 0.15) is 11.1 Å². The van der Waals surface area contributed by atoms with Crippen molar-refractivity contribution < 1.29 is 35.3 Å². The highest BCUT2D eigenvalue weighted by Crippen LogP contribution is 2.15. The van der Waals surface area contributed by atoms with Gasteiger partial charge < -0.3 is 17.7 Å². The van der Waals surface area contributed by atoms with Crippen LogP contribution in [0.3, 0.4) is 0 Å². The van der Waals surface area contributed by atoms with Crippen LogP contribution in [0.5, 0.6) is 0 Å². The van der Waals surface area contributed by atoms with Gasteiger partial charge in [-0.15, -0.1) is 0 Å². The fourth-order valence-corrected chi connectivity index (χ4v) is 2.48. The second-order valence-electron chi connectivity index (χ2n) is 5.61. The molecule has 2 aromatic carbocycles.